The number of aromatic amines is 1. The number of nitrogens with zero attached hydrogens (tertiary/aromatic N) is 3. The molecule has 1 fully saturated rings. The minimum Gasteiger partial charge on any atom is -0.394 e. The van der Waals surface area contributed by atoms with Gasteiger partial charge in [0.15, 0.2) is 17.4 Å². The van der Waals surface area contributed by atoms with Gasteiger partial charge in [-0.3, -0.25) is 14.3 Å². The summed E-state index contributed by atoms with van der Waals surface area (Å²) in [6.45, 7) is 1.51. The summed E-state index contributed by atoms with van der Waals surface area (Å²) in [5.74, 6) is 0.310. The number of fused-ring (bicyclic) bond motifs is 1. The molecule has 0 radical (unpaired) electrons. The molecule has 0 amide bonds. The number of aryl methyl sites for hydroxylation is 1. The van der Waals surface area contributed by atoms with E-state index in [1.165, 1.54) is 4.57 Å². The van der Waals surface area contributed by atoms with E-state index in [1.807, 2.05) is 31.2 Å². The molecule has 4 atom stereocenters. The summed E-state index contributed by atoms with van der Waals surface area (Å²) in [5.41, 5.74) is 7.39. The van der Waals surface area contributed by atoms with E-state index in [9.17, 15) is 20.1 Å². The molecule has 1 aromatic carbocycles. The van der Waals surface area contributed by atoms with Crippen molar-refractivity contribution in [2.24, 2.45) is 0 Å². The SMILES string of the molecule is Cc1ccc(Cc2nc3c(=O)[nH]c(N)nc3n2[C@@H]2O[C@H](CO)[C@@H](O)[C@H]2O)cc1. The molecule has 10 heteroatoms. The summed E-state index contributed by atoms with van der Waals surface area (Å²) < 4.78 is 7.11. The van der Waals surface area contributed by atoms with Gasteiger partial charge in [0, 0.05) is 6.42 Å². The maximum absolute atomic E-state index is 12.3. The predicted octanol–water partition coefficient (Wildman–Crippen LogP) is -0.787. The number of nitrogens with two attached hydrogens (primary N) is 1. The Hall–Kier alpha value is -2.79. The molecule has 3 heterocycles. The Balaban J connectivity index is 1.87. The van der Waals surface area contributed by atoms with Crippen molar-refractivity contribution < 1.29 is 20.1 Å². The van der Waals surface area contributed by atoms with E-state index in [0.717, 1.165) is 11.1 Å². The van der Waals surface area contributed by atoms with Crippen LogP contribution in [0, 0.1) is 6.92 Å². The van der Waals surface area contributed by atoms with Gasteiger partial charge in [0.2, 0.25) is 5.95 Å². The van der Waals surface area contributed by atoms with Crippen LogP contribution in [0.2, 0.25) is 0 Å². The van der Waals surface area contributed by atoms with E-state index in [-0.39, 0.29) is 17.1 Å². The van der Waals surface area contributed by atoms with E-state index >= 15 is 0 Å². The standard InChI is InChI=1S/C18H21N5O5/c1-8-2-4-9(5-3-8)6-11-20-12-15(21-18(19)22-16(12)27)23(11)17-14(26)13(25)10(7-24)28-17/h2-5,10,13-14,17,24-26H,6-7H2,1H3,(H3,19,21,22,27)/t10-,13-,14-,17-/m1/s1. The van der Waals surface area contributed by atoms with Crippen molar-refractivity contribution in [3.63, 3.8) is 0 Å². The summed E-state index contributed by atoms with van der Waals surface area (Å²) in [6.07, 6.45) is -4.34. The molecule has 28 heavy (non-hydrogen) atoms. The highest BCUT2D eigenvalue weighted by atomic mass is 16.6. The van der Waals surface area contributed by atoms with Gasteiger partial charge < -0.3 is 25.8 Å². The van der Waals surface area contributed by atoms with Crippen molar-refractivity contribution in [2.75, 3.05) is 12.3 Å². The molecule has 0 spiro atoms. The molecule has 1 aliphatic heterocycles. The molecule has 148 valence electrons. The van der Waals surface area contributed by atoms with Crippen molar-refractivity contribution in [3.05, 3.63) is 51.6 Å². The first-order valence-corrected chi connectivity index (χ1v) is 8.83. The highest BCUT2D eigenvalue weighted by molar-refractivity contribution is 5.72. The minimum atomic E-state index is -1.34. The van der Waals surface area contributed by atoms with Crippen molar-refractivity contribution in [1.82, 2.24) is 19.5 Å². The van der Waals surface area contributed by atoms with Crippen LogP contribution in [0.25, 0.3) is 11.2 Å². The first-order chi connectivity index (χ1) is 13.4. The van der Waals surface area contributed by atoms with Crippen LogP contribution in [-0.4, -0.2) is 59.8 Å². The Morgan fingerprint density at radius 1 is 1.21 bits per heavy atom. The summed E-state index contributed by atoms with van der Waals surface area (Å²) in [5, 5.41) is 30.0. The Labute approximate surface area is 159 Å². The predicted molar refractivity (Wildman–Crippen MR) is 99.6 cm³/mol. The van der Waals surface area contributed by atoms with Crippen LogP contribution in [0.15, 0.2) is 29.1 Å². The topological polar surface area (TPSA) is 160 Å². The first kappa shape index (κ1) is 18.6. The normalized spacial score (nSPS) is 24.9. The Morgan fingerprint density at radius 3 is 2.57 bits per heavy atom. The number of benzene rings is 1. The Kier molecular flexibility index (Phi) is 4.63. The largest absolute Gasteiger partial charge is 0.394 e. The number of aliphatic hydroxyl groups excluding tert-OH is 3. The molecular weight excluding hydrogens is 366 g/mol. The summed E-state index contributed by atoms with van der Waals surface area (Å²) in [4.78, 5) is 23.2. The Bertz CT molecular complexity index is 1060. The molecule has 3 aromatic rings. The number of H-pyrrole nitrogens is 1. The average Bonchev–Trinajstić information content (AvgIpc) is 3.15. The second-order valence-electron chi connectivity index (χ2n) is 6.91. The van der Waals surface area contributed by atoms with Gasteiger partial charge in [-0.05, 0) is 12.5 Å². The van der Waals surface area contributed by atoms with Crippen LogP contribution in [-0.2, 0) is 11.2 Å². The lowest BCUT2D eigenvalue weighted by Gasteiger charge is -2.19. The lowest BCUT2D eigenvalue weighted by molar-refractivity contribution is -0.0521. The van der Waals surface area contributed by atoms with Gasteiger partial charge in [0.1, 0.15) is 24.1 Å². The Morgan fingerprint density at radius 2 is 1.93 bits per heavy atom. The average molecular weight is 387 g/mol. The van der Waals surface area contributed by atoms with Gasteiger partial charge in [-0.1, -0.05) is 29.8 Å². The number of aromatic nitrogens is 4. The number of ether oxygens (including phenoxy) is 1. The number of anilines is 1. The molecule has 4 rings (SSSR count). The minimum absolute atomic E-state index is 0.0500. The number of imidazole rings is 1. The molecule has 6 N–H and O–H groups in total. The van der Waals surface area contributed by atoms with Crippen molar-refractivity contribution >= 4 is 17.1 Å². The number of hydrogen-bond acceptors (Lipinski definition) is 8. The zero-order valence-corrected chi connectivity index (χ0v) is 15.1. The van der Waals surface area contributed by atoms with Crippen molar-refractivity contribution in [2.45, 2.75) is 37.9 Å². The van der Waals surface area contributed by atoms with E-state index < -0.39 is 36.7 Å². The fourth-order valence-corrected chi connectivity index (χ4v) is 3.42. The van der Waals surface area contributed by atoms with E-state index in [2.05, 4.69) is 15.0 Å². The van der Waals surface area contributed by atoms with Gasteiger partial charge >= 0.3 is 0 Å². The maximum atomic E-state index is 12.3. The molecule has 2 aromatic heterocycles. The van der Waals surface area contributed by atoms with Gasteiger partial charge in [-0.2, -0.15) is 4.98 Å². The number of hydrogen-bond donors (Lipinski definition) is 5. The number of aliphatic hydroxyl groups is 3. The quantitative estimate of drug-likeness (QED) is 0.389. The smallest absolute Gasteiger partial charge is 0.280 e. The molecule has 0 bridgehead atoms. The summed E-state index contributed by atoms with van der Waals surface area (Å²) >= 11 is 0. The van der Waals surface area contributed by atoms with Gasteiger partial charge in [-0.15, -0.1) is 0 Å². The third-order valence-electron chi connectivity index (χ3n) is 4.90. The highest BCUT2D eigenvalue weighted by Crippen LogP contribution is 2.33. The van der Waals surface area contributed by atoms with Gasteiger partial charge in [0.05, 0.1) is 6.61 Å². The van der Waals surface area contributed by atoms with Crippen LogP contribution >= 0.6 is 0 Å². The number of nitrogen functional groups attached to an aromatic ring is 1. The van der Waals surface area contributed by atoms with Crippen molar-refractivity contribution in [3.8, 4) is 0 Å². The lowest BCUT2D eigenvalue weighted by Crippen LogP contribution is -2.33. The fraction of sp³-hybridized carbons (Fsp3) is 0.389. The van der Waals surface area contributed by atoms with Crippen molar-refractivity contribution in [1.29, 1.82) is 0 Å². The fourth-order valence-electron chi connectivity index (χ4n) is 3.42. The third kappa shape index (κ3) is 3.06. The van der Waals surface area contributed by atoms with Crippen LogP contribution in [0.1, 0.15) is 23.2 Å². The first-order valence-electron chi connectivity index (χ1n) is 8.83. The van der Waals surface area contributed by atoms with Crippen LogP contribution < -0.4 is 11.3 Å². The molecular formula is C18H21N5O5. The van der Waals surface area contributed by atoms with E-state index in [4.69, 9.17) is 10.5 Å². The lowest BCUT2D eigenvalue weighted by atomic mass is 10.1. The van der Waals surface area contributed by atoms with Crippen LogP contribution in [0.4, 0.5) is 5.95 Å². The van der Waals surface area contributed by atoms with E-state index in [1.54, 1.807) is 0 Å². The molecule has 0 saturated carbocycles. The second-order valence-corrected chi connectivity index (χ2v) is 6.91. The third-order valence-corrected chi connectivity index (χ3v) is 4.90. The number of nitrogens with one attached hydrogen (secondary N) is 1. The highest BCUT2D eigenvalue weighted by Gasteiger charge is 2.45. The number of rotatable bonds is 4. The monoisotopic (exact) mass is 387 g/mol. The van der Waals surface area contributed by atoms with Crippen LogP contribution in [0.3, 0.4) is 0 Å². The zero-order valence-electron chi connectivity index (χ0n) is 15.1. The molecule has 0 aliphatic carbocycles. The van der Waals surface area contributed by atoms with Gasteiger partial charge in [0.25, 0.3) is 5.56 Å². The molecule has 10 nitrogen and oxygen atoms in total. The maximum Gasteiger partial charge on any atom is 0.280 e. The zero-order chi connectivity index (χ0) is 20.0. The summed E-state index contributed by atoms with van der Waals surface area (Å²) in [6, 6.07) is 7.78. The van der Waals surface area contributed by atoms with Crippen LogP contribution in [0.5, 0.6) is 0 Å². The molecule has 1 aliphatic rings. The molecule has 0 unspecified atom stereocenters. The second kappa shape index (κ2) is 6.99. The molecule has 1 saturated heterocycles. The van der Waals surface area contributed by atoms with Gasteiger partial charge in [-0.25, -0.2) is 4.98 Å². The van der Waals surface area contributed by atoms with E-state index in [0.29, 0.717) is 12.2 Å². The summed E-state index contributed by atoms with van der Waals surface area (Å²) in [7, 11) is 0.